The topological polar surface area (TPSA) is 64.6 Å². The molecule has 138 valence electrons. The third-order valence-corrected chi connectivity index (χ3v) is 3.77. The van der Waals surface area contributed by atoms with Crippen LogP contribution < -0.4 is 10.1 Å². The Morgan fingerprint density at radius 2 is 1.58 bits per heavy atom. The Morgan fingerprint density at radius 1 is 0.962 bits per heavy atom. The number of anilines is 1. The van der Waals surface area contributed by atoms with Crippen molar-refractivity contribution in [1.29, 1.82) is 0 Å². The Hall–Kier alpha value is -2.82. The Morgan fingerprint density at radius 3 is 2.15 bits per heavy atom. The molecule has 0 aliphatic heterocycles. The molecule has 0 spiro atoms. The maximum Gasteiger partial charge on any atom is 0.344 e. The summed E-state index contributed by atoms with van der Waals surface area (Å²) in [5.41, 5.74) is 3.98. The molecule has 2 aromatic rings. The second-order valence-corrected chi connectivity index (χ2v) is 6.60. The summed E-state index contributed by atoms with van der Waals surface area (Å²) in [6, 6.07) is 13.3. The fourth-order valence-electron chi connectivity index (χ4n) is 2.52. The van der Waals surface area contributed by atoms with Gasteiger partial charge in [0.1, 0.15) is 5.75 Å². The second kappa shape index (κ2) is 9.04. The fraction of sp³-hybridized carbons (Fsp3) is 0.333. The molecule has 2 aromatic carbocycles. The summed E-state index contributed by atoms with van der Waals surface area (Å²) in [7, 11) is 0. The van der Waals surface area contributed by atoms with E-state index in [0.29, 0.717) is 17.4 Å². The zero-order valence-corrected chi connectivity index (χ0v) is 15.7. The van der Waals surface area contributed by atoms with E-state index in [1.165, 1.54) is 5.56 Å². The van der Waals surface area contributed by atoms with E-state index < -0.39 is 5.97 Å². The average Bonchev–Trinajstić information content (AvgIpc) is 2.57. The van der Waals surface area contributed by atoms with Gasteiger partial charge >= 0.3 is 5.97 Å². The molecule has 26 heavy (non-hydrogen) atoms. The molecular formula is C21H25NO4. The Balaban J connectivity index is 1.74. The van der Waals surface area contributed by atoms with Gasteiger partial charge in [0.15, 0.2) is 13.2 Å². The highest BCUT2D eigenvalue weighted by atomic mass is 16.6. The molecule has 0 aliphatic carbocycles. The summed E-state index contributed by atoms with van der Waals surface area (Å²) in [5, 5.41) is 2.71. The normalized spacial score (nSPS) is 10.5. The number of aryl methyl sites for hydroxylation is 2. The van der Waals surface area contributed by atoms with Crippen LogP contribution in [0.1, 0.15) is 36.5 Å². The predicted octanol–water partition coefficient (Wildman–Crippen LogP) is 3.99. The van der Waals surface area contributed by atoms with Gasteiger partial charge in [-0.1, -0.05) is 32.0 Å². The number of amides is 1. The van der Waals surface area contributed by atoms with Crippen LogP contribution in [0.4, 0.5) is 5.69 Å². The minimum atomic E-state index is -0.589. The van der Waals surface area contributed by atoms with E-state index in [9.17, 15) is 9.59 Å². The van der Waals surface area contributed by atoms with Crippen LogP contribution in [0, 0.1) is 13.8 Å². The molecule has 0 unspecified atom stereocenters. The zero-order chi connectivity index (χ0) is 19.1. The molecular weight excluding hydrogens is 330 g/mol. The van der Waals surface area contributed by atoms with Crippen molar-refractivity contribution in [3.63, 3.8) is 0 Å². The molecule has 0 heterocycles. The van der Waals surface area contributed by atoms with Crippen LogP contribution in [0.2, 0.25) is 0 Å². The van der Waals surface area contributed by atoms with Gasteiger partial charge in [-0.15, -0.1) is 0 Å². The van der Waals surface area contributed by atoms with E-state index in [0.717, 1.165) is 11.1 Å². The van der Waals surface area contributed by atoms with E-state index in [-0.39, 0.29) is 19.1 Å². The highest BCUT2D eigenvalue weighted by Crippen LogP contribution is 2.18. The molecule has 5 heteroatoms. The largest absolute Gasteiger partial charge is 0.482 e. The molecule has 0 atom stereocenters. The standard InChI is InChI=1S/C21H25NO4/c1-14(2)17-5-7-19(8-6-17)25-13-21(24)26-12-20(23)22-18-10-15(3)9-16(4)11-18/h5-11,14H,12-13H2,1-4H3,(H,22,23). The molecule has 0 radical (unpaired) electrons. The number of ether oxygens (including phenoxy) is 2. The highest BCUT2D eigenvalue weighted by molar-refractivity contribution is 5.93. The molecule has 5 nitrogen and oxygen atoms in total. The van der Waals surface area contributed by atoms with Crippen molar-refractivity contribution in [3.05, 3.63) is 59.2 Å². The van der Waals surface area contributed by atoms with E-state index >= 15 is 0 Å². The summed E-state index contributed by atoms with van der Waals surface area (Å²) >= 11 is 0. The van der Waals surface area contributed by atoms with Crippen molar-refractivity contribution in [3.8, 4) is 5.75 Å². The monoisotopic (exact) mass is 355 g/mol. The van der Waals surface area contributed by atoms with Crippen molar-refractivity contribution >= 4 is 17.6 Å². The summed E-state index contributed by atoms with van der Waals surface area (Å²) in [5.74, 6) is 0.0499. The van der Waals surface area contributed by atoms with Gasteiger partial charge in [0.25, 0.3) is 5.91 Å². The van der Waals surface area contributed by atoms with Crippen molar-refractivity contribution in [2.24, 2.45) is 0 Å². The van der Waals surface area contributed by atoms with E-state index in [1.54, 1.807) is 0 Å². The average molecular weight is 355 g/mol. The lowest BCUT2D eigenvalue weighted by Crippen LogP contribution is -2.23. The molecule has 2 rings (SSSR count). The number of esters is 1. The molecule has 0 aliphatic rings. The molecule has 1 N–H and O–H groups in total. The van der Waals surface area contributed by atoms with Crippen molar-refractivity contribution < 1.29 is 19.1 Å². The smallest absolute Gasteiger partial charge is 0.344 e. The summed E-state index contributed by atoms with van der Waals surface area (Å²) in [4.78, 5) is 23.6. The van der Waals surface area contributed by atoms with Gasteiger partial charge in [-0.25, -0.2) is 4.79 Å². The van der Waals surface area contributed by atoms with Gasteiger partial charge in [0.05, 0.1) is 0 Å². The van der Waals surface area contributed by atoms with E-state index in [2.05, 4.69) is 19.2 Å². The number of carbonyl (C=O) groups is 2. The molecule has 1 amide bonds. The summed E-state index contributed by atoms with van der Waals surface area (Å²) in [6.45, 7) is 7.54. The number of hydrogen-bond donors (Lipinski definition) is 1. The second-order valence-electron chi connectivity index (χ2n) is 6.60. The first-order chi connectivity index (χ1) is 12.3. The minimum absolute atomic E-state index is 0.238. The lowest BCUT2D eigenvalue weighted by Gasteiger charge is -2.10. The number of carbonyl (C=O) groups excluding carboxylic acids is 2. The van der Waals surface area contributed by atoms with Crippen LogP contribution in [0.15, 0.2) is 42.5 Å². The summed E-state index contributed by atoms with van der Waals surface area (Å²) in [6.07, 6.45) is 0. The maximum absolute atomic E-state index is 11.9. The van der Waals surface area contributed by atoms with Crippen LogP contribution >= 0.6 is 0 Å². The van der Waals surface area contributed by atoms with Crippen molar-refractivity contribution in [2.75, 3.05) is 18.5 Å². The third-order valence-electron chi connectivity index (χ3n) is 3.77. The minimum Gasteiger partial charge on any atom is -0.482 e. The number of nitrogens with one attached hydrogen (secondary N) is 1. The first-order valence-electron chi connectivity index (χ1n) is 8.60. The third kappa shape index (κ3) is 6.24. The number of hydrogen-bond acceptors (Lipinski definition) is 4. The Labute approximate surface area is 154 Å². The Kier molecular flexibility index (Phi) is 6.78. The number of benzene rings is 2. The number of rotatable bonds is 7. The predicted molar refractivity (Wildman–Crippen MR) is 102 cm³/mol. The highest BCUT2D eigenvalue weighted by Gasteiger charge is 2.09. The molecule has 0 saturated heterocycles. The van der Waals surface area contributed by atoms with Gasteiger partial charge < -0.3 is 14.8 Å². The fourth-order valence-corrected chi connectivity index (χ4v) is 2.52. The zero-order valence-electron chi connectivity index (χ0n) is 15.7. The van der Waals surface area contributed by atoms with Gasteiger partial charge in [0, 0.05) is 5.69 Å². The molecule has 0 saturated carbocycles. The maximum atomic E-state index is 11.9. The van der Waals surface area contributed by atoms with Crippen LogP contribution in [-0.4, -0.2) is 25.1 Å². The van der Waals surface area contributed by atoms with Crippen LogP contribution in [-0.2, 0) is 14.3 Å². The SMILES string of the molecule is Cc1cc(C)cc(NC(=O)COC(=O)COc2ccc(C(C)C)cc2)c1. The van der Waals surface area contributed by atoms with Gasteiger partial charge in [-0.3, -0.25) is 4.79 Å². The lowest BCUT2D eigenvalue weighted by molar-refractivity contribution is -0.149. The van der Waals surface area contributed by atoms with E-state index in [1.807, 2.05) is 56.3 Å². The van der Waals surface area contributed by atoms with E-state index in [4.69, 9.17) is 9.47 Å². The van der Waals surface area contributed by atoms with Crippen LogP contribution in [0.25, 0.3) is 0 Å². The van der Waals surface area contributed by atoms with Crippen molar-refractivity contribution in [2.45, 2.75) is 33.6 Å². The van der Waals surface area contributed by atoms with Gasteiger partial charge in [-0.2, -0.15) is 0 Å². The lowest BCUT2D eigenvalue weighted by atomic mass is 10.0. The molecule has 0 aromatic heterocycles. The molecule has 0 bridgehead atoms. The summed E-state index contributed by atoms with van der Waals surface area (Å²) < 4.78 is 10.3. The quantitative estimate of drug-likeness (QED) is 0.763. The van der Waals surface area contributed by atoms with Gasteiger partial charge in [0.2, 0.25) is 0 Å². The van der Waals surface area contributed by atoms with Crippen LogP contribution in [0.5, 0.6) is 5.75 Å². The van der Waals surface area contributed by atoms with Crippen LogP contribution in [0.3, 0.4) is 0 Å². The first-order valence-corrected chi connectivity index (χ1v) is 8.60. The van der Waals surface area contributed by atoms with Crippen molar-refractivity contribution in [1.82, 2.24) is 0 Å². The molecule has 0 fully saturated rings. The van der Waals surface area contributed by atoms with Gasteiger partial charge in [-0.05, 0) is 60.7 Å². The Bertz CT molecular complexity index is 746. The first kappa shape index (κ1) is 19.5.